The molecule has 2 fully saturated rings. The van der Waals surface area contributed by atoms with Gasteiger partial charge < -0.3 is 4.90 Å². The van der Waals surface area contributed by atoms with Gasteiger partial charge in [0.25, 0.3) is 0 Å². The predicted molar refractivity (Wildman–Crippen MR) is 74.1 cm³/mol. The van der Waals surface area contributed by atoms with Gasteiger partial charge in [-0.3, -0.25) is 14.7 Å². The van der Waals surface area contributed by atoms with Gasteiger partial charge in [-0.25, -0.2) is 4.79 Å². The Labute approximate surface area is 131 Å². The number of nitrogens with zero attached hydrogens (tertiary/aromatic N) is 3. The number of imide groups is 1. The summed E-state index contributed by atoms with van der Waals surface area (Å²) < 4.78 is 39.1. The smallest absolute Gasteiger partial charge is 0.319 e. The van der Waals surface area contributed by atoms with Crippen LogP contribution in [0.25, 0.3) is 0 Å². The van der Waals surface area contributed by atoms with Gasteiger partial charge in [0.05, 0.1) is 5.56 Å². The van der Waals surface area contributed by atoms with Crippen LogP contribution in [0.3, 0.4) is 0 Å². The van der Waals surface area contributed by atoms with E-state index in [1.807, 2.05) is 0 Å². The van der Waals surface area contributed by atoms with E-state index < -0.39 is 17.8 Å². The molecular formula is C15H16F3N3O2. The Hall–Kier alpha value is -2.12. The van der Waals surface area contributed by atoms with Crippen molar-refractivity contribution in [3.63, 3.8) is 0 Å². The van der Waals surface area contributed by atoms with Crippen molar-refractivity contribution in [3.05, 3.63) is 29.6 Å². The molecule has 0 bridgehead atoms. The van der Waals surface area contributed by atoms with Crippen LogP contribution in [-0.2, 0) is 17.5 Å². The van der Waals surface area contributed by atoms with Gasteiger partial charge in [0, 0.05) is 44.0 Å². The van der Waals surface area contributed by atoms with Crippen molar-refractivity contribution in [2.75, 3.05) is 13.1 Å². The number of pyridine rings is 1. The van der Waals surface area contributed by atoms with E-state index in [1.54, 1.807) is 0 Å². The van der Waals surface area contributed by atoms with Crippen LogP contribution >= 0.6 is 0 Å². The van der Waals surface area contributed by atoms with Crippen molar-refractivity contribution in [1.82, 2.24) is 14.8 Å². The molecule has 23 heavy (non-hydrogen) atoms. The van der Waals surface area contributed by atoms with Gasteiger partial charge >= 0.3 is 12.2 Å². The number of halogens is 3. The van der Waals surface area contributed by atoms with Crippen molar-refractivity contribution in [1.29, 1.82) is 0 Å². The molecule has 2 heterocycles. The topological polar surface area (TPSA) is 53.5 Å². The molecule has 0 unspecified atom stereocenters. The zero-order chi connectivity index (χ0) is 16.6. The fourth-order valence-electron chi connectivity index (χ4n) is 2.66. The summed E-state index contributed by atoms with van der Waals surface area (Å²) in [6, 6.07) is 0.391. The Kier molecular flexibility index (Phi) is 3.99. The van der Waals surface area contributed by atoms with E-state index in [2.05, 4.69) is 4.98 Å². The molecular weight excluding hydrogens is 311 g/mol. The van der Waals surface area contributed by atoms with E-state index in [0.717, 1.165) is 31.3 Å². The van der Waals surface area contributed by atoms with Crippen LogP contribution in [0, 0.1) is 5.92 Å². The third-order valence-electron chi connectivity index (χ3n) is 4.11. The highest BCUT2D eigenvalue weighted by Crippen LogP contribution is 2.33. The average Bonchev–Trinajstić information content (AvgIpc) is 3.30. The monoisotopic (exact) mass is 327 g/mol. The van der Waals surface area contributed by atoms with E-state index in [9.17, 15) is 22.8 Å². The molecule has 1 aliphatic heterocycles. The molecule has 2 aliphatic rings. The molecule has 0 aromatic carbocycles. The number of carbonyl (C=O) groups is 2. The molecule has 0 radical (unpaired) electrons. The second-order valence-electron chi connectivity index (χ2n) is 5.93. The Morgan fingerprint density at radius 2 is 2.00 bits per heavy atom. The van der Waals surface area contributed by atoms with Crippen LogP contribution < -0.4 is 0 Å². The number of carbonyl (C=O) groups excluding carboxylic acids is 2. The molecule has 0 atom stereocenters. The lowest BCUT2D eigenvalue weighted by molar-refractivity contribution is -0.139. The Morgan fingerprint density at radius 1 is 1.26 bits per heavy atom. The summed E-state index contributed by atoms with van der Waals surface area (Å²) in [5.74, 6) is 0.0901. The molecule has 1 aromatic rings. The number of hydrogen-bond donors (Lipinski definition) is 0. The first kappa shape index (κ1) is 15.8. The lowest BCUT2D eigenvalue weighted by Gasteiger charge is -2.34. The molecule has 1 saturated carbocycles. The molecule has 8 heteroatoms. The van der Waals surface area contributed by atoms with E-state index in [1.165, 1.54) is 9.80 Å². The third-order valence-corrected chi connectivity index (χ3v) is 4.11. The maximum Gasteiger partial charge on any atom is 0.416 e. The zero-order valence-electron chi connectivity index (χ0n) is 12.3. The maximum atomic E-state index is 13.0. The second kappa shape index (κ2) is 5.82. The van der Waals surface area contributed by atoms with Crippen LogP contribution in [0.5, 0.6) is 0 Å². The third kappa shape index (κ3) is 3.46. The van der Waals surface area contributed by atoms with Gasteiger partial charge in [-0.1, -0.05) is 0 Å². The van der Waals surface area contributed by atoms with Gasteiger partial charge in [0.1, 0.15) is 0 Å². The molecule has 3 amide bonds. The number of hydrogen-bond acceptors (Lipinski definition) is 3. The molecule has 0 N–H and O–H groups in total. The minimum Gasteiger partial charge on any atom is -0.319 e. The number of rotatable bonds is 4. The largest absolute Gasteiger partial charge is 0.416 e. The van der Waals surface area contributed by atoms with Gasteiger partial charge in [-0.05, 0) is 24.8 Å². The summed E-state index contributed by atoms with van der Waals surface area (Å²) in [7, 11) is 0. The highest BCUT2D eigenvalue weighted by atomic mass is 19.4. The highest BCUT2D eigenvalue weighted by molar-refractivity contribution is 5.96. The summed E-state index contributed by atoms with van der Waals surface area (Å²) in [5, 5.41) is 0. The van der Waals surface area contributed by atoms with Gasteiger partial charge in [-0.2, -0.15) is 13.2 Å². The van der Waals surface area contributed by atoms with Crippen molar-refractivity contribution in [3.8, 4) is 0 Å². The van der Waals surface area contributed by atoms with Crippen molar-refractivity contribution in [2.45, 2.75) is 32.0 Å². The lowest BCUT2D eigenvalue weighted by Crippen LogP contribution is -2.52. The summed E-state index contributed by atoms with van der Waals surface area (Å²) in [6.45, 7) is 0.300. The lowest BCUT2D eigenvalue weighted by atomic mass is 10.1. The van der Waals surface area contributed by atoms with Crippen LogP contribution in [0.2, 0.25) is 0 Å². The Bertz CT molecular complexity index is 629. The predicted octanol–water partition coefficient (Wildman–Crippen LogP) is 2.66. The van der Waals surface area contributed by atoms with Crippen LogP contribution in [-0.4, -0.2) is 39.8 Å². The summed E-state index contributed by atoms with van der Waals surface area (Å²) in [4.78, 5) is 30.5. The minimum absolute atomic E-state index is 0.0610. The number of alkyl halides is 3. The quantitative estimate of drug-likeness (QED) is 0.854. The van der Waals surface area contributed by atoms with E-state index in [0.29, 0.717) is 12.5 Å². The Balaban J connectivity index is 1.77. The number of aromatic nitrogens is 1. The average molecular weight is 327 g/mol. The minimum atomic E-state index is -4.50. The summed E-state index contributed by atoms with van der Waals surface area (Å²) in [5.41, 5.74) is -0.861. The second-order valence-corrected chi connectivity index (χ2v) is 5.93. The first-order chi connectivity index (χ1) is 10.9. The zero-order valence-corrected chi connectivity index (χ0v) is 12.3. The van der Waals surface area contributed by atoms with Crippen molar-refractivity contribution in [2.24, 2.45) is 5.92 Å². The Morgan fingerprint density at radius 3 is 2.65 bits per heavy atom. The molecule has 1 aromatic heterocycles. The van der Waals surface area contributed by atoms with E-state index in [-0.39, 0.29) is 31.0 Å². The molecule has 0 spiro atoms. The molecule has 124 valence electrons. The maximum absolute atomic E-state index is 13.0. The first-order valence-electron chi connectivity index (χ1n) is 7.45. The molecule has 1 aliphatic carbocycles. The van der Waals surface area contributed by atoms with Gasteiger partial charge in [-0.15, -0.1) is 0 Å². The molecule has 5 nitrogen and oxygen atoms in total. The van der Waals surface area contributed by atoms with Crippen molar-refractivity contribution >= 4 is 11.9 Å². The summed E-state index contributed by atoms with van der Waals surface area (Å²) >= 11 is 0. The first-order valence-corrected chi connectivity index (χ1v) is 7.45. The van der Waals surface area contributed by atoms with Gasteiger partial charge in [0.2, 0.25) is 5.91 Å². The normalized spacial score (nSPS) is 19.4. The number of amides is 3. The van der Waals surface area contributed by atoms with Gasteiger partial charge in [0.15, 0.2) is 0 Å². The van der Waals surface area contributed by atoms with E-state index >= 15 is 0 Å². The number of urea groups is 1. The van der Waals surface area contributed by atoms with Crippen molar-refractivity contribution < 1.29 is 22.8 Å². The van der Waals surface area contributed by atoms with E-state index in [4.69, 9.17) is 0 Å². The fourth-order valence-corrected chi connectivity index (χ4v) is 2.66. The highest BCUT2D eigenvalue weighted by Gasteiger charge is 2.38. The molecule has 1 saturated heterocycles. The standard InChI is InChI=1S/C15H16F3N3O2/c16-15(17,18)12-3-5-19-7-11(12)9-20-6-4-13(22)21(14(20)23)8-10-1-2-10/h3,5,7,10H,1-2,4,6,8-9H2. The molecule has 3 rings (SSSR count). The van der Waals surface area contributed by atoms with Crippen LogP contribution in [0.15, 0.2) is 18.5 Å². The summed E-state index contributed by atoms with van der Waals surface area (Å²) in [6.07, 6.45) is -0.193. The van der Waals surface area contributed by atoms with Crippen LogP contribution in [0.4, 0.5) is 18.0 Å². The fraction of sp³-hybridized carbons (Fsp3) is 0.533. The van der Waals surface area contributed by atoms with Crippen LogP contribution in [0.1, 0.15) is 30.4 Å². The SMILES string of the molecule is O=C1CCN(Cc2cnccc2C(F)(F)F)C(=O)N1CC1CC1.